The van der Waals surface area contributed by atoms with Crippen LogP contribution in [-0.2, 0) is 12.6 Å². The van der Waals surface area contributed by atoms with Gasteiger partial charge in [0.25, 0.3) is 11.4 Å². The van der Waals surface area contributed by atoms with Crippen LogP contribution in [0.15, 0.2) is 42.5 Å². The molecule has 2 rings (SSSR count). The maximum Gasteiger partial charge on any atom is 0.416 e. The monoisotopic (exact) mass is 326 g/mol. The number of non-ortho nitro benzene ring substituents is 1. The fraction of sp³-hybridized carbons (Fsp3) is 0.143. The Hall–Kier alpha value is -2.97. The molecular formula is C14H9F3N2O4. The van der Waals surface area contributed by atoms with Gasteiger partial charge in [-0.3, -0.25) is 20.2 Å². The summed E-state index contributed by atoms with van der Waals surface area (Å²) in [6.45, 7) is 0. The van der Waals surface area contributed by atoms with Crippen molar-refractivity contribution in [3.8, 4) is 0 Å². The molecule has 2 aromatic carbocycles. The molecular weight excluding hydrogens is 317 g/mol. The molecule has 0 aliphatic rings. The van der Waals surface area contributed by atoms with Crippen molar-refractivity contribution in [2.45, 2.75) is 12.6 Å². The van der Waals surface area contributed by atoms with Crippen LogP contribution in [0.2, 0.25) is 0 Å². The summed E-state index contributed by atoms with van der Waals surface area (Å²) >= 11 is 0. The zero-order valence-corrected chi connectivity index (χ0v) is 11.4. The van der Waals surface area contributed by atoms with Gasteiger partial charge in [-0.2, -0.15) is 13.2 Å². The van der Waals surface area contributed by atoms with E-state index in [2.05, 4.69) is 0 Å². The van der Waals surface area contributed by atoms with E-state index < -0.39 is 27.3 Å². The topological polar surface area (TPSA) is 86.3 Å². The zero-order chi connectivity index (χ0) is 17.2. The Bertz CT molecular complexity index is 775. The first-order valence-electron chi connectivity index (χ1n) is 6.27. The van der Waals surface area contributed by atoms with Gasteiger partial charge < -0.3 is 0 Å². The van der Waals surface area contributed by atoms with Crippen LogP contribution in [0.25, 0.3) is 0 Å². The minimum absolute atomic E-state index is 0.0943. The SMILES string of the molecule is O=[N+]([O-])c1ccc(Cc2ccccc2[N+](=O)[O-])c(C(F)(F)F)c1. The molecule has 0 atom stereocenters. The second-order valence-electron chi connectivity index (χ2n) is 4.66. The predicted molar refractivity (Wildman–Crippen MR) is 74.0 cm³/mol. The van der Waals surface area contributed by atoms with Crippen LogP contribution in [-0.4, -0.2) is 9.85 Å². The van der Waals surface area contributed by atoms with E-state index in [1.54, 1.807) is 0 Å². The minimum atomic E-state index is -4.80. The number of benzene rings is 2. The molecule has 0 saturated carbocycles. The molecule has 0 N–H and O–H groups in total. The highest BCUT2D eigenvalue weighted by Crippen LogP contribution is 2.36. The van der Waals surface area contributed by atoms with Crippen molar-refractivity contribution in [1.82, 2.24) is 0 Å². The molecule has 23 heavy (non-hydrogen) atoms. The number of halogens is 3. The number of hydrogen-bond donors (Lipinski definition) is 0. The summed E-state index contributed by atoms with van der Waals surface area (Å²) in [6, 6.07) is 7.76. The fourth-order valence-electron chi connectivity index (χ4n) is 2.14. The highest BCUT2D eigenvalue weighted by atomic mass is 19.4. The van der Waals surface area contributed by atoms with Crippen LogP contribution in [0, 0.1) is 20.2 Å². The van der Waals surface area contributed by atoms with Gasteiger partial charge in [0.1, 0.15) is 0 Å². The normalized spacial score (nSPS) is 11.3. The van der Waals surface area contributed by atoms with Crippen LogP contribution in [0.5, 0.6) is 0 Å². The molecule has 0 saturated heterocycles. The van der Waals surface area contributed by atoms with Gasteiger partial charge in [0.2, 0.25) is 0 Å². The van der Waals surface area contributed by atoms with E-state index in [9.17, 15) is 33.4 Å². The summed E-state index contributed by atoms with van der Waals surface area (Å²) in [6.07, 6.45) is -5.16. The molecule has 0 aliphatic carbocycles. The summed E-state index contributed by atoms with van der Waals surface area (Å²) in [4.78, 5) is 20.0. The van der Waals surface area contributed by atoms with Crippen LogP contribution in [0.1, 0.15) is 16.7 Å². The lowest BCUT2D eigenvalue weighted by atomic mass is 9.98. The van der Waals surface area contributed by atoms with E-state index >= 15 is 0 Å². The number of para-hydroxylation sites is 1. The van der Waals surface area contributed by atoms with Gasteiger partial charge in [0.15, 0.2) is 0 Å². The van der Waals surface area contributed by atoms with Crippen molar-refractivity contribution in [3.05, 3.63) is 79.4 Å². The molecule has 0 aromatic heterocycles. The Morgan fingerprint density at radius 2 is 1.57 bits per heavy atom. The molecule has 0 radical (unpaired) electrons. The van der Waals surface area contributed by atoms with E-state index in [4.69, 9.17) is 0 Å². The molecule has 0 unspecified atom stereocenters. The third kappa shape index (κ3) is 3.62. The molecule has 9 heteroatoms. The van der Waals surface area contributed by atoms with Crippen LogP contribution >= 0.6 is 0 Å². The van der Waals surface area contributed by atoms with E-state index in [1.165, 1.54) is 24.3 Å². The van der Waals surface area contributed by atoms with Crippen molar-refractivity contribution >= 4 is 11.4 Å². The average Bonchev–Trinajstić information content (AvgIpc) is 2.46. The summed E-state index contributed by atoms with van der Waals surface area (Å²) in [5.74, 6) is 0. The first kappa shape index (κ1) is 16.4. The molecule has 2 aromatic rings. The Balaban J connectivity index is 2.52. The van der Waals surface area contributed by atoms with Crippen molar-refractivity contribution in [2.24, 2.45) is 0 Å². The summed E-state index contributed by atoms with van der Waals surface area (Å²) in [5.41, 5.74) is -2.35. The van der Waals surface area contributed by atoms with Crippen LogP contribution < -0.4 is 0 Å². The number of nitrogens with zero attached hydrogens (tertiary/aromatic N) is 2. The van der Waals surface area contributed by atoms with Gasteiger partial charge in [-0.1, -0.05) is 24.3 Å². The lowest BCUT2D eigenvalue weighted by Crippen LogP contribution is -2.10. The largest absolute Gasteiger partial charge is 0.416 e. The van der Waals surface area contributed by atoms with E-state index in [0.717, 1.165) is 12.1 Å². The molecule has 0 heterocycles. The van der Waals surface area contributed by atoms with Gasteiger partial charge in [-0.25, -0.2) is 0 Å². The van der Waals surface area contributed by atoms with Gasteiger partial charge in [-0.05, 0) is 5.56 Å². The first-order chi connectivity index (χ1) is 10.7. The Morgan fingerprint density at radius 3 is 2.13 bits per heavy atom. The molecule has 6 nitrogen and oxygen atoms in total. The fourth-order valence-corrected chi connectivity index (χ4v) is 2.14. The smallest absolute Gasteiger partial charge is 0.258 e. The summed E-state index contributed by atoms with van der Waals surface area (Å²) < 4.78 is 39.3. The second kappa shape index (κ2) is 6.03. The number of hydrogen-bond acceptors (Lipinski definition) is 4. The van der Waals surface area contributed by atoms with Crippen molar-refractivity contribution < 1.29 is 23.0 Å². The highest BCUT2D eigenvalue weighted by molar-refractivity contribution is 5.47. The third-order valence-corrected chi connectivity index (χ3v) is 3.18. The Labute approximate surface area is 127 Å². The molecule has 0 spiro atoms. The standard InChI is InChI=1S/C14H9F3N2O4/c15-14(16,17)12-8-11(18(20)21)6-5-9(12)7-10-3-1-2-4-13(10)19(22)23/h1-6,8H,7H2. The van der Waals surface area contributed by atoms with E-state index in [0.29, 0.717) is 6.07 Å². The number of nitro groups is 2. The highest BCUT2D eigenvalue weighted by Gasteiger charge is 2.35. The summed E-state index contributed by atoms with van der Waals surface area (Å²) in [7, 11) is 0. The Morgan fingerprint density at radius 1 is 0.913 bits per heavy atom. The third-order valence-electron chi connectivity index (χ3n) is 3.18. The second-order valence-corrected chi connectivity index (χ2v) is 4.66. The lowest BCUT2D eigenvalue weighted by Gasteiger charge is -2.12. The van der Waals surface area contributed by atoms with Gasteiger partial charge >= 0.3 is 6.18 Å². The average molecular weight is 326 g/mol. The maximum atomic E-state index is 13.1. The quantitative estimate of drug-likeness (QED) is 0.625. The van der Waals surface area contributed by atoms with Gasteiger partial charge in [-0.15, -0.1) is 0 Å². The van der Waals surface area contributed by atoms with Gasteiger partial charge in [0, 0.05) is 30.2 Å². The summed E-state index contributed by atoms with van der Waals surface area (Å²) in [5, 5.41) is 21.6. The maximum absolute atomic E-state index is 13.1. The Kier molecular flexibility index (Phi) is 4.30. The van der Waals surface area contributed by atoms with Gasteiger partial charge in [0.05, 0.1) is 15.4 Å². The number of rotatable bonds is 4. The molecule has 120 valence electrons. The molecule has 0 fully saturated rings. The molecule has 0 bridgehead atoms. The molecule has 0 aliphatic heterocycles. The lowest BCUT2D eigenvalue weighted by molar-refractivity contribution is -0.385. The van der Waals surface area contributed by atoms with Crippen molar-refractivity contribution in [1.29, 1.82) is 0 Å². The van der Waals surface area contributed by atoms with Crippen LogP contribution in [0.3, 0.4) is 0 Å². The number of alkyl halides is 3. The number of nitro benzene ring substituents is 2. The van der Waals surface area contributed by atoms with E-state index in [-0.39, 0.29) is 23.2 Å². The van der Waals surface area contributed by atoms with Crippen LogP contribution in [0.4, 0.5) is 24.5 Å². The minimum Gasteiger partial charge on any atom is -0.258 e. The predicted octanol–water partition coefficient (Wildman–Crippen LogP) is 4.11. The zero-order valence-electron chi connectivity index (χ0n) is 11.4. The van der Waals surface area contributed by atoms with E-state index in [1.807, 2.05) is 0 Å². The van der Waals surface area contributed by atoms with Crippen molar-refractivity contribution in [3.63, 3.8) is 0 Å². The van der Waals surface area contributed by atoms with Crippen molar-refractivity contribution in [2.75, 3.05) is 0 Å². The first-order valence-corrected chi connectivity index (χ1v) is 6.27. The molecule has 0 amide bonds.